The van der Waals surface area contributed by atoms with Gasteiger partial charge >= 0.3 is 0 Å². The maximum atomic E-state index is 12.2. The molecule has 0 heterocycles. The fraction of sp³-hybridized carbons (Fsp3) is 0.786. The molecule has 2 aliphatic carbocycles. The molecule has 1 fully saturated rings. The molecule has 0 saturated heterocycles. The Labute approximate surface area is 146 Å². The number of alkyl halides is 2. The molecular formula is C14H24Cl2N4O3. The van der Waals surface area contributed by atoms with Gasteiger partial charge in [-0.05, 0) is 31.9 Å². The van der Waals surface area contributed by atoms with Crippen LogP contribution in [0.3, 0.4) is 0 Å². The number of carbonyl (C=O) groups excluding carboxylic acids is 1. The number of amides is 1. The third kappa shape index (κ3) is 3.99. The van der Waals surface area contributed by atoms with Crippen molar-refractivity contribution in [3.8, 4) is 0 Å². The highest BCUT2D eigenvalue weighted by Crippen LogP contribution is 2.47. The Hall–Kier alpha value is -0.410. The Morgan fingerprint density at radius 2 is 2.04 bits per heavy atom. The zero-order valence-electron chi connectivity index (χ0n) is 13.3. The first kappa shape index (κ1) is 18.9. The van der Waals surface area contributed by atoms with Crippen LogP contribution in [0.15, 0.2) is 11.6 Å². The first-order valence-electron chi connectivity index (χ1n) is 7.48. The van der Waals surface area contributed by atoms with Crippen molar-refractivity contribution in [1.29, 1.82) is 0 Å². The number of carbonyl (C=O) groups is 1. The lowest BCUT2D eigenvalue weighted by atomic mass is 9.78. The van der Waals surface area contributed by atoms with Gasteiger partial charge in [0.15, 0.2) is 5.72 Å². The second kappa shape index (κ2) is 6.84. The molecule has 0 aromatic heterocycles. The molecule has 23 heavy (non-hydrogen) atoms. The Morgan fingerprint density at radius 3 is 2.57 bits per heavy atom. The van der Waals surface area contributed by atoms with Crippen molar-refractivity contribution in [3.05, 3.63) is 11.6 Å². The number of ether oxygens (including phenoxy) is 1. The Morgan fingerprint density at radius 1 is 1.39 bits per heavy atom. The second-order valence-corrected chi connectivity index (χ2v) is 7.52. The lowest BCUT2D eigenvalue weighted by Gasteiger charge is -2.48. The number of rotatable bonds is 7. The Balaban J connectivity index is 2.27. The van der Waals surface area contributed by atoms with Gasteiger partial charge in [-0.2, -0.15) is 0 Å². The van der Waals surface area contributed by atoms with Gasteiger partial charge in [-0.15, -0.1) is 11.6 Å². The van der Waals surface area contributed by atoms with Gasteiger partial charge in [-0.3, -0.25) is 15.4 Å². The summed E-state index contributed by atoms with van der Waals surface area (Å²) >= 11 is 13.2. The minimum Gasteiger partial charge on any atom is -0.359 e. The highest BCUT2D eigenvalue weighted by molar-refractivity contribution is 6.36. The number of hydrogen-bond acceptors (Lipinski definition) is 6. The first-order valence-corrected chi connectivity index (χ1v) is 8.24. The molecule has 0 aliphatic heterocycles. The van der Waals surface area contributed by atoms with Gasteiger partial charge in [0, 0.05) is 19.6 Å². The average Bonchev–Trinajstić information content (AvgIpc) is 3.27. The minimum absolute atomic E-state index is 0.0199. The van der Waals surface area contributed by atoms with E-state index in [0.29, 0.717) is 19.0 Å². The van der Waals surface area contributed by atoms with E-state index < -0.39 is 21.5 Å². The number of nitrogens with two attached hydrogens (primary N) is 2. The van der Waals surface area contributed by atoms with Crippen LogP contribution in [0.25, 0.3) is 0 Å². The van der Waals surface area contributed by atoms with Crippen LogP contribution in [0.2, 0.25) is 0 Å². The topological polar surface area (TPSA) is 112 Å². The molecule has 2 rings (SSSR count). The van der Waals surface area contributed by atoms with Crippen LogP contribution in [0.4, 0.5) is 0 Å². The van der Waals surface area contributed by atoms with Gasteiger partial charge < -0.3 is 15.8 Å². The fourth-order valence-electron chi connectivity index (χ4n) is 2.71. The summed E-state index contributed by atoms with van der Waals surface area (Å²) in [6.07, 6.45) is 4.26. The first-order chi connectivity index (χ1) is 10.7. The molecule has 0 aromatic carbocycles. The molecule has 0 spiro atoms. The van der Waals surface area contributed by atoms with E-state index in [0.717, 1.165) is 12.8 Å². The van der Waals surface area contributed by atoms with Crippen molar-refractivity contribution in [2.75, 3.05) is 20.8 Å². The monoisotopic (exact) mass is 366 g/mol. The van der Waals surface area contributed by atoms with Crippen molar-refractivity contribution in [2.24, 2.45) is 11.5 Å². The molecule has 3 atom stereocenters. The van der Waals surface area contributed by atoms with Crippen molar-refractivity contribution in [2.45, 2.75) is 47.3 Å². The fourth-order valence-corrected chi connectivity index (χ4v) is 3.33. The molecular weight excluding hydrogens is 343 g/mol. The van der Waals surface area contributed by atoms with E-state index in [1.165, 1.54) is 20.3 Å². The van der Waals surface area contributed by atoms with Gasteiger partial charge in [-0.25, -0.2) is 5.48 Å². The van der Waals surface area contributed by atoms with E-state index in [-0.39, 0.29) is 12.0 Å². The molecule has 3 unspecified atom stereocenters. The molecule has 0 radical (unpaired) electrons. The van der Waals surface area contributed by atoms with Crippen LogP contribution in [-0.2, 0) is 14.4 Å². The number of hydrogen-bond donors (Lipinski definition) is 4. The summed E-state index contributed by atoms with van der Waals surface area (Å²) in [4.78, 5) is 14.4. The van der Waals surface area contributed by atoms with Crippen LogP contribution in [-0.4, -0.2) is 48.3 Å². The van der Waals surface area contributed by atoms with Gasteiger partial charge in [0.25, 0.3) is 5.91 Å². The highest BCUT2D eigenvalue weighted by Gasteiger charge is 2.56. The largest absolute Gasteiger partial charge is 0.359 e. The normalized spacial score (nSPS) is 37.4. The average molecular weight is 367 g/mol. The zero-order valence-corrected chi connectivity index (χ0v) is 14.8. The molecule has 9 heteroatoms. The summed E-state index contributed by atoms with van der Waals surface area (Å²) in [5, 5.41) is 3.36. The van der Waals surface area contributed by atoms with Crippen LogP contribution in [0, 0.1) is 0 Å². The maximum Gasteiger partial charge on any atom is 0.274 e. The van der Waals surface area contributed by atoms with Gasteiger partial charge in [0.1, 0.15) is 5.00 Å². The lowest BCUT2D eigenvalue weighted by Crippen LogP contribution is -2.65. The molecule has 132 valence electrons. The predicted octanol–water partition coefficient (Wildman–Crippen LogP) is 0.309. The maximum absolute atomic E-state index is 12.2. The van der Waals surface area contributed by atoms with E-state index in [2.05, 4.69) is 15.6 Å². The van der Waals surface area contributed by atoms with Crippen LogP contribution < -0.4 is 22.3 Å². The SMILES string of the molecule is CONC(=O)C1=CC(Cl)(CCNC2CC2)C(N)(Cl)CC1(N)OC. The van der Waals surface area contributed by atoms with Crippen LogP contribution in [0.1, 0.15) is 25.7 Å². The molecule has 0 bridgehead atoms. The predicted molar refractivity (Wildman–Crippen MR) is 88.8 cm³/mol. The standard InChI is InChI=1S/C14H24Cl2N4O3/c1-22-13(17)8-14(16,18)12(15,5-6-19-9-3-4-9)7-10(13)11(21)20-23-2/h7,9,19H,3-6,8,17-18H2,1-2H3,(H,20,21). The van der Waals surface area contributed by atoms with Crippen molar-refractivity contribution >= 4 is 29.1 Å². The zero-order chi connectivity index (χ0) is 17.3. The summed E-state index contributed by atoms with van der Waals surface area (Å²) in [6, 6.07) is 0.536. The Kier molecular flexibility index (Phi) is 5.62. The van der Waals surface area contributed by atoms with E-state index in [9.17, 15) is 4.79 Å². The van der Waals surface area contributed by atoms with E-state index >= 15 is 0 Å². The van der Waals surface area contributed by atoms with Crippen LogP contribution >= 0.6 is 23.2 Å². The smallest absolute Gasteiger partial charge is 0.274 e. The molecule has 7 nitrogen and oxygen atoms in total. The molecule has 0 aromatic rings. The van der Waals surface area contributed by atoms with Gasteiger partial charge in [-0.1, -0.05) is 11.6 Å². The quantitative estimate of drug-likeness (QED) is 0.223. The summed E-state index contributed by atoms with van der Waals surface area (Å²) in [5.41, 5.74) is 13.3. The van der Waals surface area contributed by atoms with Gasteiger partial charge in [0.05, 0.1) is 17.6 Å². The van der Waals surface area contributed by atoms with Crippen molar-refractivity contribution in [3.63, 3.8) is 0 Å². The third-order valence-electron chi connectivity index (χ3n) is 4.34. The van der Waals surface area contributed by atoms with Gasteiger partial charge in [0.2, 0.25) is 0 Å². The second-order valence-electron chi connectivity index (χ2n) is 6.17. The summed E-state index contributed by atoms with van der Waals surface area (Å²) in [5.74, 6) is -0.538. The number of hydroxylamine groups is 1. The molecule has 2 aliphatic rings. The van der Waals surface area contributed by atoms with Crippen molar-refractivity contribution < 1.29 is 14.4 Å². The summed E-state index contributed by atoms with van der Waals surface area (Å²) in [6.45, 7) is 0.639. The van der Waals surface area contributed by atoms with E-state index in [1.807, 2.05) is 0 Å². The summed E-state index contributed by atoms with van der Waals surface area (Å²) in [7, 11) is 2.71. The number of methoxy groups -OCH3 is 1. The third-order valence-corrected chi connectivity index (χ3v) is 5.55. The molecule has 6 N–H and O–H groups in total. The minimum atomic E-state index is -1.44. The number of halogens is 2. The van der Waals surface area contributed by atoms with Crippen molar-refractivity contribution in [1.82, 2.24) is 10.8 Å². The van der Waals surface area contributed by atoms with E-state index in [4.69, 9.17) is 39.4 Å². The molecule has 1 amide bonds. The van der Waals surface area contributed by atoms with E-state index in [1.54, 1.807) is 0 Å². The lowest BCUT2D eigenvalue weighted by molar-refractivity contribution is -0.131. The van der Waals surface area contributed by atoms with Crippen LogP contribution in [0.5, 0.6) is 0 Å². The Bertz CT molecular complexity index is 498. The highest BCUT2D eigenvalue weighted by atomic mass is 35.5. The number of nitrogens with one attached hydrogen (secondary N) is 2. The summed E-state index contributed by atoms with van der Waals surface area (Å²) < 4.78 is 5.29. The molecule has 1 saturated carbocycles.